The van der Waals surface area contributed by atoms with Crippen molar-refractivity contribution in [2.75, 3.05) is 13.7 Å². The predicted molar refractivity (Wildman–Crippen MR) is 253 cm³/mol. The first-order chi connectivity index (χ1) is 31.3. The van der Waals surface area contributed by atoms with E-state index in [0.717, 1.165) is 45.9 Å². The summed E-state index contributed by atoms with van der Waals surface area (Å²) in [6.45, 7) is 11.0. The van der Waals surface area contributed by atoms with Crippen LogP contribution in [0.25, 0.3) is 21.6 Å². The number of carbonyl (C=O) groups excluding carboxylic acids is 4. The summed E-state index contributed by atoms with van der Waals surface area (Å²) < 4.78 is 43.6. The minimum atomic E-state index is -3.52. The lowest BCUT2D eigenvalue weighted by Gasteiger charge is -2.30. The van der Waals surface area contributed by atoms with Gasteiger partial charge in [-0.05, 0) is 110 Å². The normalized spacial score (nSPS) is 25.1. The second kappa shape index (κ2) is 18.3. The minimum absolute atomic E-state index is 0.0148. The number of methoxy groups -OCH3 is 1. The maximum atomic E-state index is 14.8. The Morgan fingerprint density at radius 3 is 2.59 bits per heavy atom. The standard InChI is InChI=1S/C48H62N8O8S2/c1-29(2)56-37-20-14-18-35(41-50-32(28-65-41)23-30-15-13-17-33(24-30)62-7)39(37)52-44(56)63-34-25-38-40(57)53-48(43(59)54-66(49,61)47(6)21-22-47)26-31(48)16-11-9-8-10-12-19-36(42(58)55(38)27-34)51-45(60)64-46(3,4)5/h11,13-18,20,24,28-29,31,34,36,38H,8-10,12,19,21-23,25-27H2,1-7H3,(H,51,60)(H,53,57)(H2,49,54,59,61). The van der Waals surface area contributed by atoms with Crippen LogP contribution in [0.1, 0.15) is 117 Å². The first kappa shape index (κ1) is 47.0. The van der Waals surface area contributed by atoms with Gasteiger partial charge in [0.1, 0.15) is 55.5 Å². The number of hydrogen-bond donors (Lipinski definition) is 4. The lowest BCUT2D eigenvalue weighted by molar-refractivity contribution is -0.141. The summed E-state index contributed by atoms with van der Waals surface area (Å²) in [4.78, 5) is 68.4. The lowest BCUT2D eigenvalue weighted by atomic mass is 10.0. The monoisotopic (exact) mass is 942 g/mol. The SMILES string of the molecule is COc1cccc(Cc2csc(-c3cccc4c3nc(OC3CC5C(=O)NC6(C(=O)NS(=N)(=O)C7(C)CC7)CC6C=CCCCCCC(NC(=O)OC(C)(C)C)C(=O)N5C3)n4C(C)C)n2)c1. The second-order valence-electron chi connectivity index (χ2n) is 19.7. The molecule has 4 aliphatic rings. The molecule has 2 aromatic carbocycles. The Labute approximate surface area is 390 Å². The number of carbonyl (C=O) groups is 4. The lowest BCUT2D eigenvalue weighted by Crippen LogP contribution is -2.58. The van der Waals surface area contributed by atoms with Gasteiger partial charge in [-0.1, -0.05) is 43.2 Å². The Bertz CT molecular complexity index is 2650. The van der Waals surface area contributed by atoms with Crippen molar-refractivity contribution in [3.8, 4) is 22.3 Å². The van der Waals surface area contributed by atoms with Crippen molar-refractivity contribution in [2.45, 2.75) is 146 Å². The molecule has 3 fully saturated rings. The molecule has 2 saturated carbocycles. The number of rotatable bonds is 11. The second-order valence-corrected chi connectivity index (χ2v) is 22.8. The maximum Gasteiger partial charge on any atom is 0.408 e. The highest BCUT2D eigenvalue weighted by atomic mass is 32.2. The average Bonchev–Trinajstić information content (AvgIpc) is 3.94. The van der Waals surface area contributed by atoms with Crippen LogP contribution < -0.4 is 24.8 Å². The average molecular weight is 943 g/mol. The number of hydrogen-bond acceptors (Lipinski definition) is 12. The molecule has 4 amide bonds. The Balaban J connectivity index is 1.10. The van der Waals surface area contributed by atoms with Crippen LogP contribution in [0, 0.1) is 10.7 Å². The van der Waals surface area contributed by atoms with Gasteiger partial charge in [-0.2, -0.15) is 4.98 Å². The highest BCUT2D eigenvalue weighted by Gasteiger charge is 2.62. The zero-order chi connectivity index (χ0) is 47.2. The summed E-state index contributed by atoms with van der Waals surface area (Å²) in [5.41, 5.74) is 2.08. The molecule has 66 heavy (non-hydrogen) atoms. The van der Waals surface area contributed by atoms with Crippen LogP contribution in [-0.4, -0.2) is 95.2 Å². The van der Waals surface area contributed by atoms with E-state index < -0.39 is 73.7 Å². The van der Waals surface area contributed by atoms with E-state index in [2.05, 4.69) is 15.4 Å². The number of fused-ring (bicyclic) bond motifs is 3. The van der Waals surface area contributed by atoms with Crippen LogP contribution in [0.4, 0.5) is 4.79 Å². The molecule has 4 aromatic rings. The quantitative estimate of drug-likeness (QED) is 0.108. The fraction of sp³-hybridized carbons (Fsp3) is 0.542. The van der Waals surface area contributed by atoms with Crippen molar-refractivity contribution in [1.82, 2.24) is 34.8 Å². The summed E-state index contributed by atoms with van der Waals surface area (Å²) in [6, 6.07) is 11.9. The van der Waals surface area contributed by atoms with Gasteiger partial charge in [0.25, 0.3) is 11.9 Å². The molecule has 4 heterocycles. The number of thiazole rings is 1. The van der Waals surface area contributed by atoms with Crippen molar-refractivity contribution in [3.63, 3.8) is 0 Å². The van der Waals surface area contributed by atoms with E-state index in [1.54, 1.807) is 34.8 Å². The number of alkyl carbamates (subject to hydrolysis) is 1. The number of nitrogens with zero attached hydrogens (tertiary/aromatic N) is 4. The van der Waals surface area contributed by atoms with Crippen molar-refractivity contribution in [2.24, 2.45) is 5.92 Å². The van der Waals surface area contributed by atoms with Crippen molar-refractivity contribution in [3.05, 3.63) is 71.3 Å². The molecule has 2 aliphatic carbocycles. The summed E-state index contributed by atoms with van der Waals surface area (Å²) >= 11 is 1.53. The van der Waals surface area contributed by atoms with Crippen molar-refractivity contribution >= 4 is 56.1 Å². The molecular weight excluding hydrogens is 881 g/mol. The smallest absolute Gasteiger partial charge is 0.408 e. The van der Waals surface area contributed by atoms with Gasteiger partial charge in [-0.15, -0.1) is 11.3 Å². The fourth-order valence-electron chi connectivity index (χ4n) is 8.93. The number of allylic oxidation sites excluding steroid dienone is 1. The van der Waals surface area contributed by atoms with Crippen LogP contribution in [0.3, 0.4) is 0 Å². The van der Waals surface area contributed by atoms with Gasteiger partial charge >= 0.3 is 6.09 Å². The highest BCUT2D eigenvalue weighted by Crippen LogP contribution is 2.48. The molecule has 6 unspecified atom stereocenters. The third kappa shape index (κ3) is 9.94. The predicted octanol–water partition coefficient (Wildman–Crippen LogP) is 7.61. The van der Waals surface area contributed by atoms with Crippen molar-refractivity contribution < 1.29 is 37.6 Å². The van der Waals surface area contributed by atoms with Gasteiger partial charge in [-0.3, -0.25) is 23.7 Å². The molecular formula is C48H62N8O8S2. The molecule has 4 N–H and O–H groups in total. The number of imidazole rings is 1. The van der Waals surface area contributed by atoms with Gasteiger partial charge in [0.15, 0.2) is 0 Å². The molecule has 1 saturated heterocycles. The molecule has 2 aliphatic heterocycles. The third-order valence-corrected chi connectivity index (χ3v) is 16.2. The van der Waals surface area contributed by atoms with E-state index >= 15 is 0 Å². The zero-order valence-electron chi connectivity index (χ0n) is 38.8. The Hall–Kier alpha value is -5.49. The minimum Gasteiger partial charge on any atom is -0.497 e. The highest BCUT2D eigenvalue weighted by molar-refractivity contribution is 7.92. The molecule has 6 atom stereocenters. The number of benzene rings is 2. The van der Waals surface area contributed by atoms with Gasteiger partial charge in [-0.25, -0.2) is 18.8 Å². The Kier molecular flexibility index (Phi) is 13.0. The molecule has 16 nitrogen and oxygen atoms in total. The van der Waals surface area contributed by atoms with E-state index in [4.69, 9.17) is 29.0 Å². The Morgan fingerprint density at radius 1 is 1.09 bits per heavy atom. The van der Waals surface area contributed by atoms with Crippen LogP contribution in [0.5, 0.6) is 11.8 Å². The summed E-state index contributed by atoms with van der Waals surface area (Å²) in [5.74, 6) is -1.36. The first-order valence-corrected chi connectivity index (χ1v) is 25.4. The molecule has 354 valence electrons. The summed E-state index contributed by atoms with van der Waals surface area (Å²) in [7, 11) is -1.87. The largest absolute Gasteiger partial charge is 0.497 e. The van der Waals surface area contributed by atoms with Gasteiger partial charge in [0.05, 0.1) is 29.6 Å². The van der Waals surface area contributed by atoms with E-state index in [0.29, 0.717) is 50.1 Å². The van der Waals surface area contributed by atoms with Crippen molar-refractivity contribution in [1.29, 1.82) is 4.78 Å². The first-order valence-electron chi connectivity index (χ1n) is 22.9. The molecule has 0 bridgehead atoms. The van der Waals surface area contributed by atoms with Gasteiger partial charge in [0, 0.05) is 35.7 Å². The van der Waals surface area contributed by atoms with Crippen LogP contribution in [0.2, 0.25) is 0 Å². The summed E-state index contributed by atoms with van der Waals surface area (Å²) in [6.07, 6.45) is 7.69. The number of amides is 4. The van der Waals surface area contributed by atoms with E-state index in [9.17, 15) is 23.4 Å². The molecule has 18 heteroatoms. The fourth-order valence-corrected chi connectivity index (χ4v) is 11.1. The number of aromatic nitrogens is 3. The third-order valence-electron chi connectivity index (χ3n) is 13.0. The molecule has 0 spiro atoms. The topological polar surface area (TPSA) is 207 Å². The Morgan fingerprint density at radius 2 is 1.86 bits per heavy atom. The molecule has 2 aromatic heterocycles. The zero-order valence-corrected chi connectivity index (χ0v) is 40.4. The number of ether oxygens (including phenoxy) is 3. The van der Waals surface area contributed by atoms with E-state index in [-0.39, 0.29) is 25.4 Å². The van der Waals surface area contributed by atoms with Crippen LogP contribution in [-0.2, 0) is 35.5 Å². The van der Waals surface area contributed by atoms with Crippen LogP contribution >= 0.6 is 11.3 Å². The number of para-hydroxylation sites is 1. The van der Waals surface area contributed by atoms with E-state index in [1.807, 2.05) is 78.4 Å². The van der Waals surface area contributed by atoms with E-state index in [1.165, 1.54) is 16.2 Å². The maximum absolute atomic E-state index is 14.8. The number of nitrogens with one attached hydrogen (secondary N) is 4. The van der Waals surface area contributed by atoms with Gasteiger partial charge < -0.3 is 29.7 Å². The van der Waals surface area contributed by atoms with Gasteiger partial charge in [0.2, 0.25) is 11.8 Å². The molecule has 8 rings (SSSR count). The van der Waals surface area contributed by atoms with Crippen LogP contribution in [0.15, 0.2) is 60.0 Å². The molecule has 0 radical (unpaired) electrons. The summed E-state index contributed by atoms with van der Waals surface area (Å²) in [5, 5.41) is 8.63.